The first kappa shape index (κ1) is 13.8. The Labute approximate surface area is 114 Å². The van der Waals surface area contributed by atoms with Gasteiger partial charge in [0.05, 0.1) is 18.4 Å². The number of nitrogens with two attached hydrogens (primary N) is 1. The van der Waals surface area contributed by atoms with Gasteiger partial charge < -0.3 is 15.8 Å². The van der Waals surface area contributed by atoms with Gasteiger partial charge in [-0.3, -0.25) is 0 Å². The molecule has 6 heteroatoms. The van der Waals surface area contributed by atoms with Gasteiger partial charge in [-0.25, -0.2) is 13.6 Å². The molecule has 0 bridgehead atoms. The summed E-state index contributed by atoms with van der Waals surface area (Å²) in [6, 6.07) is 7.64. The molecule has 0 aliphatic heterocycles. The van der Waals surface area contributed by atoms with Crippen molar-refractivity contribution in [2.45, 2.75) is 0 Å². The molecule has 4 nitrogen and oxygen atoms in total. The number of nitrogen functional groups attached to an aromatic ring is 1. The van der Waals surface area contributed by atoms with E-state index in [0.717, 1.165) is 6.07 Å². The van der Waals surface area contributed by atoms with Crippen LogP contribution in [0.25, 0.3) is 0 Å². The number of carbonyl (C=O) groups excluding carboxylic acids is 1. The van der Waals surface area contributed by atoms with Crippen LogP contribution >= 0.6 is 0 Å². The number of esters is 1. The van der Waals surface area contributed by atoms with Crippen molar-refractivity contribution in [2.75, 3.05) is 18.2 Å². The van der Waals surface area contributed by atoms with Gasteiger partial charge in [-0.1, -0.05) is 0 Å². The van der Waals surface area contributed by atoms with Crippen molar-refractivity contribution in [2.24, 2.45) is 0 Å². The van der Waals surface area contributed by atoms with E-state index in [-0.39, 0.29) is 16.9 Å². The molecule has 2 aromatic rings. The fourth-order valence-corrected chi connectivity index (χ4v) is 1.66. The standard InChI is InChI=1S/C14H12F2N2O2/c1-20-14(19)10-6-13(11(16)7-12(10)17)18-9-4-2-8(15)3-5-9/h2-7,18H,17H2,1H3. The smallest absolute Gasteiger partial charge is 0.340 e. The molecule has 0 unspecified atom stereocenters. The number of hydrogen-bond donors (Lipinski definition) is 2. The summed E-state index contributed by atoms with van der Waals surface area (Å²) in [6.07, 6.45) is 0. The van der Waals surface area contributed by atoms with Gasteiger partial charge in [-0.2, -0.15) is 0 Å². The monoisotopic (exact) mass is 278 g/mol. The number of anilines is 3. The number of nitrogens with one attached hydrogen (secondary N) is 1. The van der Waals surface area contributed by atoms with Crippen molar-refractivity contribution in [3.63, 3.8) is 0 Å². The predicted molar refractivity (Wildman–Crippen MR) is 71.8 cm³/mol. The molecule has 3 N–H and O–H groups in total. The zero-order chi connectivity index (χ0) is 14.7. The minimum Gasteiger partial charge on any atom is -0.465 e. The third-order valence-electron chi connectivity index (χ3n) is 2.67. The molecule has 0 fully saturated rings. The van der Waals surface area contributed by atoms with E-state index < -0.39 is 17.6 Å². The zero-order valence-corrected chi connectivity index (χ0v) is 10.6. The molecule has 0 saturated heterocycles. The van der Waals surface area contributed by atoms with Crippen molar-refractivity contribution in [1.29, 1.82) is 0 Å². The Balaban J connectivity index is 2.36. The second-order valence-electron chi connectivity index (χ2n) is 4.04. The van der Waals surface area contributed by atoms with Crippen LogP contribution in [0.1, 0.15) is 10.4 Å². The summed E-state index contributed by atoms with van der Waals surface area (Å²) >= 11 is 0. The fourth-order valence-electron chi connectivity index (χ4n) is 1.66. The lowest BCUT2D eigenvalue weighted by atomic mass is 10.1. The number of benzene rings is 2. The number of hydrogen-bond acceptors (Lipinski definition) is 4. The molecule has 0 aromatic heterocycles. The second-order valence-corrected chi connectivity index (χ2v) is 4.04. The Kier molecular flexibility index (Phi) is 3.84. The van der Waals surface area contributed by atoms with Crippen molar-refractivity contribution >= 4 is 23.0 Å². The molecule has 0 aliphatic carbocycles. The number of halogens is 2. The molecule has 0 heterocycles. The van der Waals surface area contributed by atoms with Gasteiger partial charge in [0, 0.05) is 11.4 Å². The molecule has 20 heavy (non-hydrogen) atoms. The number of ether oxygens (including phenoxy) is 1. The van der Waals surface area contributed by atoms with Crippen molar-refractivity contribution in [1.82, 2.24) is 0 Å². The number of rotatable bonds is 3. The van der Waals surface area contributed by atoms with E-state index >= 15 is 0 Å². The van der Waals surface area contributed by atoms with Crippen molar-refractivity contribution in [3.05, 3.63) is 53.6 Å². The minimum atomic E-state index is -0.662. The molecule has 0 saturated carbocycles. The SMILES string of the molecule is COC(=O)c1cc(Nc2ccc(F)cc2)c(F)cc1N. The maximum Gasteiger partial charge on any atom is 0.340 e. The molecule has 0 aliphatic rings. The second kappa shape index (κ2) is 5.56. The maximum absolute atomic E-state index is 13.8. The lowest BCUT2D eigenvalue weighted by molar-refractivity contribution is 0.0602. The van der Waals surface area contributed by atoms with E-state index in [0.29, 0.717) is 5.69 Å². The number of methoxy groups -OCH3 is 1. The van der Waals surface area contributed by atoms with E-state index in [1.807, 2.05) is 0 Å². The molecule has 0 radical (unpaired) electrons. The van der Waals surface area contributed by atoms with Gasteiger partial charge >= 0.3 is 5.97 Å². The van der Waals surface area contributed by atoms with Gasteiger partial charge in [-0.05, 0) is 36.4 Å². The Hall–Kier alpha value is -2.63. The van der Waals surface area contributed by atoms with Gasteiger partial charge in [-0.15, -0.1) is 0 Å². The highest BCUT2D eigenvalue weighted by atomic mass is 19.1. The highest BCUT2D eigenvalue weighted by molar-refractivity contribution is 5.96. The third kappa shape index (κ3) is 2.85. The first-order valence-corrected chi connectivity index (χ1v) is 5.71. The van der Waals surface area contributed by atoms with Crippen LogP contribution < -0.4 is 11.1 Å². The Morgan fingerprint density at radius 1 is 1.20 bits per heavy atom. The molecular formula is C14H12F2N2O2. The van der Waals surface area contributed by atoms with Gasteiger partial charge in [0.2, 0.25) is 0 Å². The number of carbonyl (C=O) groups is 1. The van der Waals surface area contributed by atoms with Crippen LogP contribution in [0.4, 0.5) is 25.8 Å². The van der Waals surface area contributed by atoms with Crippen LogP contribution in [0.2, 0.25) is 0 Å². The highest BCUT2D eigenvalue weighted by Crippen LogP contribution is 2.26. The van der Waals surface area contributed by atoms with E-state index in [2.05, 4.69) is 10.1 Å². The average Bonchev–Trinajstić information content (AvgIpc) is 2.43. The minimum absolute atomic E-state index is 0.0148. The lowest BCUT2D eigenvalue weighted by Gasteiger charge is -2.11. The van der Waals surface area contributed by atoms with Crippen LogP contribution in [0.3, 0.4) is 0 Å². The third-order valence-corrected chi connectivity index (χ3v) is 2.67. The lowest BCUT2D eigenvalue weighted by Crippen LogP contribution is -2.07. The van der Waals surface area contributed by atoms with Crippen molar-refractivity contribution in [3.8, 4) is 0 Å². The molecule has 2 aromatic carbocycles. The molecule has 0 amide bonds. The van der Waals surface area contributed by atoms with Crippen LogP contribution in [0.15, 0.2) is 36.4 Å². The van der Waals surface area contributed by atoms with Crippen LogP contribution in [-0.2, 0) is 4.74 Å². The molecular weight excluding hydrogens is 266 g/mol. The van der Waals surface area contributed by atoms with Gasteiger partial charge in [0.25, 0.3) is 0 Å². The fraction of sp³-hybridized carbons (Fsp3) is 0.0714. The van der Waals surface area contributed by atoms with Crippen LogP contribution in [0.5, 0.6) is 0 Å². The zero-order valence-electron chi connectivity index (χ0n) is 10.6. The first-order valence-electron chi connectivity index (χ1n) is 5.71. The summed E-state index contributed by atoms with van der Waals surface area (Å²) in [6.45, 7) is 0. The summed E-state index contributed by atoms with van der Waals surface area (Å²) in [5.41, 5.74) is 6.13. The van der Waals surface area contributed by atoms with Gasteiger partial charge in [0.15, 0.2) is 0 Å². The highest BCUT2D eigenvalue weighted by Gasteiger charge is 2.14. The topological polar surface area (TPSA) is 64.3 Å². The quantitative estimate of drug-likeness (QED) is 0.669. The van der Waals surface area contributed by atoms with Crippen molar-refractivity contribution < 1.29 is 18.3 Å². The molecule has 0 atom stereocenters. The summed E-state index contributed by atoms with van der Waals surface area (Å²) in [4.78, 5) is 11.5. The van der Waals surface area contributed by atoms with E-state index in [1.54, 1.807) is 0 Å². The average molecular weight is 278 g/mol. The van der Waals surface area contributed by atoms with Crippen LogP contribution in [0, 0.1) is 11.6 Å². The largest absolute Gasteiger partial charge is 0.465 e. The molecule has 2 rings (SSSR count). The van der Waals surface area contributed by atoms with E-state index in [4.69, 9.17) is 5.73 Å². The molecule has 0 spiro atoms. The predicted octanol–water partition coefficient (Wildman–Crippen LogP) is 3.08. The normalized spacial score (nSPS) is 10.2. The molecule has 104 valence electrons. The summed E-state index contributed by atoms with van der Waals surface area (Å²) in [5, 5.41) is 2.74. The van der Waals surface area contributed by atoms with Crippen LogP contribution in [-0.4, -0.2) is 13.1 Å². The summed E-state index contributed by atoms with van der Waals surface area (Å²) in [7, 11) is 1.21. The Morgan fingerprint density at radius 2 is 1.85 bits per heavy atom. The first-order chi connectivity index (χ1) is 9.51. The summed E-state index contributed by atoms with van der Waals surface area (Å²) in [5.74, 6) is -1.69. The Bertz CT molecular complexity index is 642. The van der Waals surface area contributed by atoms with E-state index in [9.17, 15) is 13.6 Å². The van der Waals surface area contributed by atoms with Gasteiger partial charge in [0.1, 0.15) is 11.6 Å². The maximum atomic E-state index is 13.8. The Morgan fingerprint density at radius 3 is 2.45 bits per heavy atom. The van der Waals surface area contributed by atoms with E-state index in [1.165, 1.54) is 37.4 Å². The summed E-state index contributed by atoms with van der Waals surface area (Å²) < 4.78 is 31.1.